The number of carbonyl (C=O) groups excluding carboxylic acids is 1. The molecule has 1 amide bonds. The van der Waals surface area contributed by atoms with Gasteiger partial charge < -0.3 is 4.74 Å². The van der Waals surface area contributed by atoms with E-state index in [1.807, 2.05) is 36.4 Å². The first-order valence-electron chi connectivity index (χ1n) is 10.4. The van der Waals surface area contributed by atoms with Gasteiger partial charge in [-0.3, -0.25) is 4.79 Å². The van der Waals surface area contributed by atoms with Crippen LogP contribution in [0.1, 0.15) is 11.1 Å². The summed E-state index contributed by atoms with van der Waals surface area (Å²) in [4.78, 5) is 12.1. The Kier molecular flexibility index (Phi) is 8.72. The summed E-state index contributed by atoms with van der Waals surface area (Å²) in [6.07, 6.45) is 5.14. The van der Waals surface area contributed by atoms with E-state index >= 15 is 0 Å². The van der Waals surface area contributed by atoms with E-state index in [-0.39, 0.29) is 11.7 Å². The predicted molar refractivity (Wildman–Crippen MR) is 143 cm³/mol. The number of thioether (sulfide) groups is 2. The van der Waals surface area contributed by atoms with Crippen LogP contribution >= 0.6 is 34.9 Å². The van der Waals surface area contributed by atoms with Crippen molar-refractivity contribution in [2.45, 2.75) is 14.4 Å². The predicted octanol–water partition coefficient (Wildman–Crippen LogP) is 5.90. The van der Waals surface area contributed by atoms with Crippen molar-refractivity contribution in [3.63, 3.8) is 0 Å². The zero-order valence-corrected chi connectivity index (χ0v) is 20.8. The second kappa shape index (κ2) is 12.4. The van der Waals surface area contributed by atoms with Crippen molar-refractivity contribution >= 4 is 63.8 Å². The second-order valence-electron chi connectivity index (χ2n) is 6.96. The molecule has 0 aliphatic rings. The minimum atomic E-state index is -0.202. The third-order valence-corrected chi connectivity index (χ3v) is 7.95. The van der Waals surface area contributed by atoms with Crippen LogP contribution in [0.5, 0.6) is 5.75 Å². The van der Waals surface area contributed by atoms with Crippen LogP contribution in [-0.2, 0) is 10.5 Å². The van der Waals surface area contributed by atoms with Crippen LogP contribution < -0.4 is 10.2 Å². The Labute approximate surface area is 210 Å². The molecular formula is C25H22N4O2S3. The summed E-state index contributed by atoms with van der Waals surface area (Å²) >= 11 is 4.50. The van der Waals surface area contributed by atoms with Gasteiger partial charge >= 0.3 is 0 Å². The highest BCUT2D eigenvalue weighted by Gasteiger charge is 2.09. The molecule has 0 aliphatic heterocycles. The number of nitrogens with zero attached hydrogens (tertiary/aromatic N) is 3. The molecule has 1 N–H and O–H groups in total. The maximum absolute atomic E-state index is 12.1. The molecule has 0 saturated heterocycles. The van der Waals surface area contributed by atoms with E-state index in [1.54, 1.807) is 24.9 Å². The third kappa shape index (κ3) is 6.69. The summed E-state index contributed by atoms with van der Waals surface area (Å²) in [6.45, 7) is 0. The average molecular weight is 507 g/mol. The van der Waals surface area contributed by atoms with Gasteiger partial charge in [-0.15, -0.1) is 10.2 Å². The summed E-state index contributed by atoms with van der Waals surface area (Å²) < 4.78 is 6.94. The number of rotatable bonds is 10. The third-order valence-electron chi connectivity index (χ3n) is 4.71. The molecule has 4 aromatic rings. The van der Waals surface area contributed by atoms with Crippen LogP contribution in [0, 0.1) is 0 Å². The van der Waals surface area contributed by atoms with Gasteiger partial charge in [0.1, 0.15) is 5.75 Å². The van der Waals surface area contributed by atoms with Gasteiger partial charge in [-0.2, -0.15) is 5.10 Å². The van der Waals surface area contributed by atoms with Crippen molar-refractivity contribution in [3.8, 4) is 5.75 Å². The molecule has 0 bridgehead atoms. The number of hydrogen-bond donors (Lipinski definition) is 1. The van der Waals surface area contributed by atoms with Crippen molar-refractivity contribution < 1.29 is 9.53 Å². The van der Waals surface area contributed by atoms with E-state index in [1.165, 1.54) is 45.6 Å². The van der Waals surface area contributed by atoms with Crippen LogP contribution in [-0.4, -0.2) is 35.2 Å². The fourth-order valence-electron chi connectivity index (χ4n) is 3.13. The minimum absolute atomic E-state index is 0.202. The van der Waals surface area contributed by atoms with Gasteiger partial charge in [0.2, 0.25) is 0 Å². The van der Waals surface area contributed by atoms with Gasteiger partial charge in [0.05, 0.1) is 12.9 Å². The Hall–Kier alpha value is -3.14. The van der Waals surface area contributed by atoms with Crippen molar-refractivity contribution in [2.75, 3.05) is 12.9 Å². The van der Waals surface area contributed by atoms with Gasteiger partial charge in [0.25, 0.3) is 5.91 Å². The quantitative estimate of drug-likeness (QED) is 0.164. The lowest BCUT2D eigenvalue weighted by molar-refractivity contribution is -0.118. The summed E-state index contributed by atoms with van der Waals surface area (Å²) in [7, 11) is 1.63. The molecule has 3 aromatic carbocycles. The molecule has 0 spiro atoms. The molecule has 0 fully saturated rings. The number of fused-ring (bicyclic) bond motifs is 1. The molecule has 172 valence electrons. The Morgan fingerprint density at radius 2 is 1.79 bits per heavy atom. The van der Waals surface area contributed by atoms with E-state index in [0.29, 0.717) is 0 Å². The van der Waals surface area contributed by atoms with Crippen LogP contribution in [0.25, 0.3) is 16.8 Å². The largest absolute Gasteiger partial charge is 0.496 e. The maximum Gasteiger partial charge on any atom is 0.250 e. The molecule has 9 heteroatoms. The van der Waals surface area contributed by atoms with Crippen LogP contribution in [0.15, 0.2) is 86.6 Å². The number of methoxy groups -OCH3 is 1. The van der Waals surface area contributed by atoms with Gasteiger partial charge in [0.15, 0.2) is 8.68 Å². The highest BCUT2D eigenvalue weighted by atomic mass is 32.2. The second-order valence-corrected chi connectivity index (χ2v) is 10.4. The fraction of sp³-hybridized carbons (Fsp3) is 0.120. The Balaban J connectivity index is 1.21. The average Bonchev–Trinajstić information content (AvgIpc) is 3.34. The summed E-state index contributed by atoms with van der Waals surface area (Å²) in [5, 5.41) is 14.9. The number of aromatic nitrogens is 2. The number of amides is 1. The van der Waals surface area contributed by atoms with E-state index < -0.39 is 0 Å². The molecule has 1 aromatic heterocycles. The highest BCUT2D eigenvalue weighted by Crippen LogP contribution is 2.32. The van der Waals surface area contributed by atoms with Crippen LogP contribution in [0.4, 0.5) is 0 Å². The van der Waals surface area contributed by atoms with E-state index in [0.717, 1.165) is 25.7 Å². The zero-order chi connectivity index (χ0) is 23.6. The number of nitrogens with one attached hydrogen (secondary N) is 1. The number of ether oxygens (including phenoxy) is 1. The Bertz CT molecular complexity index is 1320. The first kappa shape index (κ1) is 24.0. The molecule has 0 atom stereocenters. The van der Waals surface area contributed by atoms with Crippen molar-refractivity contribution in [1.29, 1.82) is 0 Å². The lowest BCUT2D eigenvalue weighted by Gasteiger charge is -2.04. The van der Waals surface area contributed by atoms with Crippen molar-refractivity contribution in [3.05, 3.63) is 83.9 Å². The van der Waals surface area contributed by atoms with Gasteiger partial charge in [0, 0.05) is 17.5 Å². The summed E-state index contributed by atoms with van der Waals surface area (Å²) in [5.41, 5.74) is 4.72. The molecule has 1 heterocycles. The smallest absolute Gasteiger partial charge is 0.250 e. The molecule has 6 nitrogen and oxygen atoms in total. The normalized spacial score (nSPS) is 11.4. The van der Waals surface area contributed by atoms with E-state index in [9.17, 15) is 4.79 Å². The number of para-hydroxylation sites is 1. The molecule has 0 aliphatic carbocycles. The molecule has 4 rings (SSSR count). The number of hydrogen-bond acceptors (Lipinski definition) is 8. The van der Waals surface area contributed by atoms with E-state index in [4.69, 9.17) is 4.74 Å². The first-order chi connectivity index (χ1) is 16.7. The first-order valence-corrected chi connectivity index (χ1v) is 13.2. The van der Waals surface area contributed by atoms with Crippen molar-refractivity contribution in [1.82, 2.24) is 15.6 Å². The SMILES string of the molecule is COc1ccccc1/C=C/C=N\NC(=O)CSc1nnc(SCc2cccc3ccccc23)s1. The molecule has 0 radical (unpaired) electrons. The monoisotopic (exact) mass is 506 g/mol. The summed E-state index contributed by atoms with van der Waals surface area (Å²) in [6, 6.07) is 22.4. The summed E-state index contributed by atoms with van der Waals surface area (Å²) in [5.74, 6) is 1.61. The topological polar surface area (TPSA) is 76.5 Å². The van der Waals surface area contributed by atoms with E-state index in [2.05, 4.69) is 57.1 Å². The van der Waals surface area contributed by atoms with Gasteiger partial charge in [-0.05, 0) is 34.6 Å². The van der Waals surface area contributed by atoms with Gasteiger partial charge in [-0.25, -0.2) is 5.43 Å². The maximum atomic E-state index is 12.1. The Morgan fingerprint density at radius 3 is 2.68 bits per heavy atom. The number of benzene rings is 3. The molecule has 0 unspecified atom stereocenters. The lowest BCUT2D eigenvalue weighted by atomic mass is 10.1. The van der Waals surface area contributed by atoms with Crippen molar-refractivity contribution in [2.24, 2.45) is 5.10 Å². The highest BCUT2D eigenvalue weighted by molar-refractivity contribution is 8.03. The van der Waals surface area contributed by atoms with Gasteiger partial charge in [-0.1, -0.05) is 95.5 Å². The number of allylic oxidation sites excluding steroid dienone is 1. The molecule has 34 heavy (non-hydrogen) atoms. The lowest BCUT2D eigenvalue weighted by Crippen LogP contribution is -2.19. The zero-order valence-electron chi connectivity index (χ0n) is 18.4. The number of hydrazone groups is 1. The van der Waals surface area contributed by atoms with Crippen LogP contribution in [0.2, 0.25) is 0 Å². The standard InChI is InChI=1S/C25H22N4O2S3/c1-31-22-14-5-3-9-19(22)12-7-15-26-27-23(30)17-33-25-29-28-24(34-25)32-16-20-11-6-10-18-8-2-4-13-21(18)20/h2-15H,16-17H2,1H3,(H,27,30)/b12-7+,26-15-. The Morgan fingerprint density at radius 1 is 1.03 bits per heavy atom. The fourth-order valence-corrected chi connectivity index (χ4v) is 5.95. The van der Waals surface area contributed by atoms with Crippen LogP contribution in [0.3, 0.4) is 0 Å². The molecule has 0 saturated carbocycles. The number of carbonyl (C=O) groups is 1. The molecular weight excluding hydrogens is 485 g/mol. The minimum Gasteiger partial charge on any atom is -0.496 e.